The maximum atomic E-state index is 13.3. The minimum atomic E-state index is -1.07. The highest BCUT2D eigenvalue weighted by atomic mass is 19.1. The van der Waals surface area contributed by atoms with E-state index in [1.807, 2.05) is 0 Å². The monoisotopic (exact) mass is 291 g/mol. The van der Waals surface area contributed by atoms with Gasteiger partial charge in [0.25, 0.3) is 5.91 Å². The normalized spacial score (nSPS) is 21.2. The zero-order valence-electron chi connectivity index (χ0n) is 11.7. The third kappa shape index (κ3) is 2.49. The number of benzene rings is 1. The molecular formula is C15H14FNO4. The molecule has 1 aromatic rings. The Kier molecular flexibility index (Phi) is 2.97. The summed E-state index contributed by atoms with van der Waals surface area (Å²) in [5.74, 6) is -2.71. The molecule has 0 atom stereocenters. The van der Waals surface area contributed by atoms with Crippen LogP contribution in [0.4, 0.5) is 10.1 Å². The Hall–Kier alpha value is -2.37. The molecule has 5 nitrogen and oxygen atoms in total. The maximum absolute atomic E-state index is 13.3. The van der Waals surface area contributed by atoms with Gasteiger partial charge in [0.15, 0.2) is 0 Å². The van der Waals surface area contributed by atoms with Crippen LogP contribution in [0.5, 0.6) is 0 Å². The summed E-state index contributed by atoms with van der Waals surface area (Å²) in [7, 11) is 0. The molecule has 21 heavy (non-hydrogen) atoms. The van der Waals surface area contributed by atoms with Crippen molar-refractivity contribution in [2.45, 2.75) is 26.1 Å². The minimum absolute atomic E-state index is 0.130. The molecule has 1 saturated heterocycles. The second-order valence-electron chi connectivity index (χ2n) is 5.41. The van der Waals surface area contributed by atoms with Crippen LogP contribution in [-0.2, 0) is 25.5 Å². The van der Waals surface area contributed by atoms with Gasteiger partial charge in [-0.15, -0.1) is 0 Å². The van der Waals surface area contributed by atoms with E-state index in [4.69, 9.17) is 9.47 Å². The van der Waals surface area contributed by atoms with E-state index in [1.54, 1.807) is 19.9 Å². The van der Waals surface area contributed by atoms with E-state index in [9.17, 15) is 14.0 Å². The van der Waals surface area contributed by atoms with Crippen LogP contribution in [0.1, 0.15) is 19.4 Å². The van der Waals surface area contributed by atoms with Crippen LogP contribution in [0.3, 0.4) is 0 Å². The molecule has 0 unspecified atom stereocenters. The van der Waals surface area contributed by atoms with Gasteiger partial charge in [-0.2, -0.15) is 0 Å². The van der Waals surface area contributed by atoms with Crippen LogP contribution in [0.25, 0.3) is 0 Å². The Morgan fingerprint density at radius 1 is 1.38 bits per heavy atom. The third-order valence-corrected chi connectivity index (χ3v) is 3.36. The van der Waals surface area contributed by atoms with E-state index in [0.29, 0.717) is 18.7 Å². The maximum Gasteiger partial charge on any atom is 0.377 e. The fraction of sp³-hybridized carbons (Fsp3) is 0.333. The van der Waals surface area contributed by atoms with Crippen LogP contribution in [-0.4, -0.2) is 24.2 Å². The molecule has 3 rings (SSSR count). The molecule has 0 saturated carbocycles. The van der Waals surface area contributed by atoms with Gasteiger partial charge in [-0.1, -0.05) is 6.07 Å². The van der Waals surface area contributed by atoms with Gasteiger partial charge in [0.1, 0.15) is 5.82 Å². The van der Waals surface area contributed by atoms with Crippen molar-refractivity contribution in [3.63, 3.8) is 0 Å². The molecule has 2 heterocycles. The highest BCUT2D eigenvalue weighted by Gasteiger charge is 2.38. The van der Waals surface area contributed by atoms with Gasteiger partial charge in [-0.05, 0) is 24.1 Å². The molecule has 2 aliphatic rings. The first-order chi connectivity index (χ1) is 9.85. The molecule has 0 N–H and O–H groups in total. The highest BCUT2D eigenvalue weighted by Crippen LogP contribution is 2.30. The van der Waals surface area contributed by atoms with Crippen molar-refractivity contribution in [3.8, 4) is 0 Å². The van der Waals surface area contributed by atoms with Gasteiger partial charge in [0, 0.05) is 20.4 Å². The number of halogens is 1. The van der Waals surface area contributed by atoms with E-state index in [0.717, 1.165) is 11.6 Å². The molecule has 0 aromatic heterocycles. The van der Waals surface area contributed by atoms with Crippen LogP contribution in [0.15, 0.2) is 30.0 Å². The molecule has 2 aliphatic heterocycles. The smallest absolute Gasteiger partial charge is 0.377 e. The van der Waals surface area contributed by atoms with E-state index in [1.165, 1.54) is 17.0 Å². The highest BCUT2D eigenvalue weighted by molar-refractivity contribution is 6.06. The average molecular weight is 291 g/mol. The predicted molar refractivity (Wildman–Crippen MR) is 71.8 cm³/mol. The third-order valence-electron chi connectivity index (χ3n) is 3.36. The van der Waals surface area contributed by atoms with Crippen molar-refractivity contribution in [3.05, 3.63) is 41.4 Å². The number of hydrogen-bond acceptors (Lipinski definition) is 4. The molecule has 0 bridgehead atoms. The average Bonchev–Trinajstić information content (AvgIpc) is 2.89. The Bertz CT molecular complexity index is 666. The van der Waals surface area contributed by atoms with E-state index >= 15 is 0 Å². The zero-order valence-corrected chi connectivity index (χ0v) is 11.7. The topological polar surface area (TPSA) is 55.8 Å². The molecule has 1 fully saturated rings. The lowest BCUT2D eigenvalue weighted by atomic mass is 10.2. The summed E-state index contributed by atoms with van der Waals surface area (Å²) >= 11 is 0. The summed E-state index contributed by atoms with van der Waals surface area (Å²) in [5.41, 5.74) is 1.43. The first kappa shape index (κ1) is 13.6. The minimum Gasteiger partial charge on any atom is -0.445 e. The SMILES string of the molecule is CC1(C)OC(=O)/C(=C/C(=O)N2CCc3ccc(F)cc32)O1. The standard InChI is InChI=1S/C15H14FNO4/c1-15(2)20-12(14(19)21-15)8-13(18)17-6-5-9-3-4-10(16)7-11(9)17/h3-4,7-8H,5-6H2,1-2H3/b12-8-. The van der Waals surface area contributed by atoms with E-state index < -0.39 is 23.5 Å². The summed E-state index contributed by atoms with van der Waals surface area (Å²) in [4.78, 5) is 25.3. The summed E-state index contributed by atoms with van der Waals surface area (Å²) < 4.78 is 23.5. The van der Waals surface area contributed by atoms with E-state index in [-0.39, 0.29) is 5.76 Å². The quantitative estimate of drug-likeness (QED) is 0.586. The number of ether oxygens (including phenoxy) is 2. The molecular weight excluding hydrogens is 277 g/mol. The number of esters is 1. The zero-order chi connectivity index (χ0) is 15.2. The van der Waals surface area contributed by atoms with Gasteiger partial charge < -0.3 is 14.4 Å². The number of rotatable bonds is 1. The summed E-state index contributed by atoms with van der Waals surface area (Å²) in [5, 5.41) is 0. The number of carbonyl (C=O) groups is 2. The predicted octanol–water partition coefficient (Wildman–Crippen LogP) is 1.91. The van der Waals surface area contributed by atoms with Crippen molar-refractivity contribution < 1.29 is 23.5 Å². The second-order valence-corrected chi connectivity index (χ2v) is 5.41. The molecule has 110 valence electrons. The Labute approximate surface area is 120 Å². The Balaban J connectivity index is 1.86. The van der Waals surface area contributed by atoms with Crippen LogP contribution < -0.4 is 4.90 Å². The number of cyclic esters (lactones) is 1. The van der Waals surface area contributed by atoms with Crippen LogP contribution >= 0.6 is 0 Å². The van der Waals surface area contributed by atoms with Crippen molar-refractivity contribution in [2.24, 2.45) is 0 Å². The fourth-order valence-corrected chi connectivity index (χ4v) is 2.46. The van der Waals surface area contributed by atoms with Crippen molar-refractivity contribution in [1.29, 1.82) is 0 Å². The van der Waals surface area contributed by atoms with Gasteiger partial charge in [-0.25, -0.2) is 9.18 Å². The lowest BCUT2D eigenvalue weighted by molar-refractivity contribution is -0.159. The van der Waals surface area contributed by atoms with Gasteiger partial charge in [0.05, 0.1) is 11.8 Å². The Morgan fingerprint density at radius 3 is 2.81 bits per heavy atom. The number of carbonyl (C=O) groups excluding carboxylic acids is 2. The van der Waals surface area contributed by atoms with Crippen molar-refractivity contribution in [1.82, 2.24) is 0 Å². The van der Waals surface area contributed by atoms with Crippen LogP contribution in [0.2, 0.25) is 0 Å². The first-order valence-electron chi connectivity index (χ1n) is 6.60. The number of fused-ring (bicyclic) bond motifs is 1. The first-order valence-corrected chi connectivity index (χ1v) is 6.60. The second kappa shape index (κ2) is 4.58. The number of hydrogen-bond donors (Lipinski definition) is 0. The van der Waals surface area contributed by atoms with Gasteiger partial charge >= 0.3 is 5.97 Å². The number of nitrogens with zero attached hydrogens (tertiary/aromatic N) is 1. The van der Waals surface area contributed by atoms with Crippen LogP contribution in [0, 0.1) is 5.82 Å². The molecule has 0 aliphatic carbocycles. The van der Waals surface area contributed by atoms with E-state index in [2.05, 4.69) is 0 Å². The Morgan fingerprint density at radius 2 is 2.14 bits per heavy atom. The number of anilines is 1. The van der Waals surface area contributed by atoms with Crippen molar-refractivity contribution in [2.75, 3.05) is 11.4 Å². The molecule has 6 heteroatoms. The summed E-state index contributed by atoms with van der Waals surface area (Å²) in [6, 6.07) is 4.34. The molecule has 0 radical (unpaired) electrons. The largest absolute Gasteiger partial charge is 0.445 e. The molecule has 0 spiro atoms. The molecule has 1 aromatic carbocycles. The van der Waals surface area contributed by atoms with Crippen molar-refractivity contribution >= 4 is 17.6 Å². The molecule has 1 amide bonds. The lowest BCUT2D eigenvalue weighted by Gasteiger charge is -2.16. The van der Waals surface area contributed by atoms with Gasteiger partial charge in [0.2, 0.25) is 11.5 Å². The number of amides is 1. The van der Waals surface area contributed by atoms with Gasteiger partial charge in [-0.3, -0.25) is 4.79 Å². The summed E-state index contributed by atoms with van der Waals surface area (Å²) in [6.45, 7) is 3.60. The summed E-state index contributed by atoms with van der Waals surface area (Å²) in [6.07, 6.45) is 1.75. The fourth-order valence-electron chi connectivity index (χ4n) is 2.46. The lowest BCUT2D eigenvalue weighted by Crippen LogP contribution is -2.27.